The van der Waals surface area contributed by atoms with Gasteiger partial charge in [0.25, 0.3) is 0 Å². The van der Waals surface area contributed by atoms with Crippen LogP contribution in [0, 0.1) is 5.41 Å². The van der Waals surface area contributed by atoms with Crippen LogP contribution in [0.15, 0.2) is 46.6 Å². The number of hydrogen-bond acceptors (Lipinski definition) is 7. The molecule has 0 atom stereocenters. The zero-order valence-electron chi connectivity index (χ0n) is 14.1. The van der Waals surface area contributed by atoms with Gasteiger partial charge >= 0.3 is 6.09 Å². The first-order chi connectivity index (χ1) is 11.8. The monoisotopic (exact) mass is 340 g/mol. The number of hydrogen-bond donors (Lipinski definition) is 2. The molecule has 1 fully saturated rings. The molecule has 0 spiro atoms. The fourth-order valence-corrected chi connectivity index (χ4v) is 2.58. The van der Waals surface area contributed by atoms with E-state index in [2.05, 4.69) is 29.1 Å². The number of likely N-dealkylation sites (tertiary alicyclic amines) is 1. The normalized spacial score (nSPS) is 15.8. The molecule has 1 aliphatic heterocycles. The van der Waals surface area contributed by atoms with Gasteiger partial charge in [0.15, 0.2) is 11.6 Å². The number of nitrogens with zero attached hydrogens (tertiary/aromatic N) is 4. The molecule has 130 valence electrons. The number of pyridine rings is 1. The highest BCUT2D eigenvalue weighted by molar-refractivity contribution is 5.74. The number of carbonyl (C=O) groups is 1. The highest BCUT2D eigenvalue weighted by atomic mass is 16.6. The second-order valence-corrected chi connectivity index (χ2v) is 6.70. The second-order valence-electron chi connectivity index (χ2n) is 6.70. The predicted molar refractivity (Wildman–Crippen MR) is 95.1 cm³/mol. The van der Waals surface area contributed by atoms with Gasteiger partial charge in [-0.3, -0.25) is 0 Å². The van der Waals surface area contributed by atoms with Crippen LogP contribution in [-0.2, 0) is 0 Å². The van der Waals surface area contributed by atoms with E-state index in [1.165, 1.54) is 0 Å². The summed E-state index contributed by atoms with van der Waals surface area (Å²) in [4.78, 5) is 17.8. The Morgan fingerprint density at radius 2 is 1.80 bits per heavy atom. The number of benzene rings is 1. The first-order valence-electron chi connectivity index (χ1n) is 7.84. The molecule has 0 saturated carbocycles. The summed E-state index contributed by atoms with van der Waals surface area (Å²) in [5, 5.41) is 8.18. The number of anilines is 2. The average Bonchev–Trinajstić information content (AvgIpc) is 2.53. The van der Waals surface area contributed by atoms with Crippen molar-refractivity contribution in [2.45, 2.75) is 13.8 Å². The van der Waals surface area contributed by atoms with Crippen LogP contribution in [0.4, 0.5) is 27.8 Å². The fraction of sp³-hybridized carbons (Fsp3) is 0.294. The van der Waals surface area contributed by atoms with E-state index in [1.807, 2.05) is 0 Å². The molecule has 1 aromatic heterocycles. The molecule has 1 amide bonds. The van der Waals surface area contributed by atoms with E-state index < -0.39 is 6.09 Å². The lowest BCUT2D eigenvalue weighted by atomic mass is 9.85. The minimum Gasteiger partial charge on any atom is -0.408 e. The lowest BCUT2D eigenvalue weighted by Gasteiger charge is -2.44. The quantitative estimate of drug-likeness (QED) is 0.829. The largest absolute Gasteiger partial charge is 0.415 e. The molecule has 8 nitrogen and oxygen atoms in total. The van der Waals surface area contributed by atoms with Crippen molar-refractivity contribution in [1.82, 2.24) is 9.88 Å². The Labute approximate surface area is 145 Å². The Hall–Kier alpha value is -3.16. The molecule has 1 aliphatic rings. The molecule has 4 N–H and O–H groups in total. The van der Waals surface area contributed by atoms with Crippen molar-refractivity contribution in [2.24, 2.45) is 15.6 Å². The van der Waals surface area contributed by atoms with Crippen molar-refractivity contribution in [3.8, 4) is 5.75 Å². The minimum atomic E-state index is -0.393. The van der Waals surface area contributed by atoms with Gasteiger partial charge in [0, 0.05) is 18.5 Å². The molecular weight excluding hydrogens is 320 g/mol. The van der Waals surface area contributed by atoms with Gasteiger partial charge in [0.1, 0.15) is 17.2 Å². The van der Waals surface area contributed by atoms with E-state index in [0.717, 1.165) is 0 Å². The SMILES string of the molecule is CC1(C)CN(C(=O)Oc2ccccc2/N=N/c2ccc(N)nc2N)C1. The lowest BCUT2D eigenvalue weighted by molar-refractivity contribution is 0.0395. The van der Waals surface area contributed by atoms with Crippen molar-refractivity contribution in [2.75, 3.05) is 24.6 Å². The summed E-state index contributed by atoms with van der Waals surface area (Å²) in [5.74, 6) is 0.826. The number of nitrogen functional groups attached to an aromatic ring is 2. The summed E-state index contributed by atoms with van der Waals surface area (Å²) in [6.07, 6.45) is -0.393. The second kappa shape index (κ2) is 6.39. The molecule has 0 radical (unpaired) electrons. The molecule has 1 saturated heterocycles. The zero-order chi connectivity index (χ0) is 18.0. The van der Waals surface area contributed by atoms with E-state index in [4.69, 9.17) is 16.2 Å². The first-order valence-corrected chi connectivity index (χ1v) is 7.84. The van der Waals surface area contributed by atoms with Crippen LogP contribution >= 0.6 is 0 Å². The van der Waals surface area contributed by atoms with E-state index in [1.54, 1.807) is 41.3 Å². The van der Waals surface area contributed by atoms with Crippen molar-refractivity contribution >= 4 is 29.1 Å². The third kappa shape index (κ3) is 3.85. The van der Waals surface area contributed by atoms with Crippen LogP contribution < -0.4 is 16.2 Å². The van der Waals surface area contributed by atoms with Crippen LogP contribution in [0.1, 0.15) is 13.8 Å². The van der Waals surface area contributed by atoms with Crippen molar-refractivity contribution < 1.29 is 9.53 Å². The van der Waals surface area contributed by atoms with Gasteiger partial charge in [-0.05, 0) is 24.3 Å². The maximum absolute atomic E-state index is 12.2. The molecule has 1 aromatic carbocycles. The summed E-state index contributed by atoms with van der Waals surface area (Å²) in [6.45, 7) is 5.54. The summed E-state index contributed by atoms with van der Waals surface area (Å²) in [6, 6.07) is 10.1. The number of nitrogens with two attached hydrogens (primary N) is 2. The molecule has 2 heterocycles. The maximum atomic E-state index is 12.2. The van der Waals surface area contributed by atoms with Gasteiger partial charge in [0.05, 0.1) is 0 Å². The molecule has 0 aliphatic carbocycles. The molecule has 0 bridgehead atoms. The zero-order valence-corrected chi connectivity index (χ0v) is 14.1. The summed E-state index contributed by atoms with van der Waals surface area (Å²) in [5.41, 5.74) is 12.3. The van der Waals surface area contributed by atoms with Gasteiger partial charge in [0.2, 0.25) is 0 Å². The number of ether oxygens (including phenoxy) is 1. The average molecular weight is 340 g/mol. The molecule has 3 rings (SSSR count). The topological polar surface area (TPSA) is 119 Å². The number of para-hydroxylation sites is 1. The van der Waals surface area contributed by atoms with Crippen molar-refractivity contribution in [1.29, 1.82) is 0 Å². The smallest absolute Gasteiger partial charge is 0.408 e. The Bertz CT molecular complexity index is 826. The van der Waals surface area contributed by atoms with Crippen LogP contribution in [0.25, 0.3) is 0 Å². The predicted octanol–water partition coefficient (Wildman–Crippen LogP) is 3.50. The fourth-order valence-electron chi connectivity index (χ4n) is 2.58. The number of amides is 1. The van der Waals surface area contributed by atoms with Crippen molar-refractivity contribution in [3.63, 3.8) is 0 Å². The van der Waals surface area contributed by atoms with E-state index >= 15 is 0 Å². The minimum absolute atomic E-state index is 0.137. The summed E-state index contributed by atoms with van der Waals surface area (Å²) >= 11 is 0. The van der Waals surface area contributed by atoms with Crippen LogP contribution in [0.5, 0.6) is 5.75 Å². The molecule has 0 unspecified atom stereocenters. The van der Waals surface area contributed by atoms with Crippen LogP contribution in [0.3, 0.4) is 0 Å². The van der Waals surface area contributed by atoms with Crippen molar-refractivity contribution in [3.05, 3.63) is 36.4 Å². The highest BCUT2D eigenvalue weighted by Gasteiger charge is 2.38. The summed E-state index contributed by atoms with van der Waals surface area (Å²) in [7, 11) is 0. The molecule has 8 heteroatoms. The number of carbonyl (C=O) groups excluding carboxylic acids is 1. The Morgan fingerprint density at radius 1 is 1.12 bits per heavy atom. The number of rotatable bonds is 3. The first kappa shape index (κ1) is 16.7. The van der Waals surface area contributed by atoms with Crippen LogP contribution in [0.2, 0.25) is 0 Å². The third-order valence-electron chi connectivity index (χ3n) is 3.75. The maximum Gasteiger partial charge on any atom is 0.415 e. The Kier molecular flexibility index (Phi) is 4.26. The number of azo groups is 1. The van der Waals surface area contributed by atoms with Gasteiger partial charge in [-0.2, -0.15) is 0 Å². The van der Waals surface area contributed by atoms with E-state index in [-0.39, 0.29) is 11.2 Å². The molecule has 25 heavy (non-hydrogen) atoms. The highest BCUT2D eigenvalue weighted by Crippen LogP contribution is 2.33. The van der Waals surface area contributed by atoms with Gasteiger partial charge in [-0.15, -0.1) is 10.2 Å². The standard InChI is InChI=1S/C17H20N6O2/c1-17(2)9-23(10-17)16(24)25-13-6-4-3-5-11(13)21-22-12-7-8-14(18)20-15(12)19/h3-8H,9-10H2,1-2H3,(H4,18,19,20)/b22-21+. The van der Waals surface area contributed by atoms with Gasteiger partial charge in [-0.25, -0.2) is 9.78 Å². The van der Waals surface area contributed by atoms with Crippen LogP contribution in [-0.4, -0.2) is 29.1 Å². The summed E-state index contributed by atoms with van der Waals surface area (Å²) < 4.78 is 5.45. The lowest BCUT2D eigenvalue weighted by Crippen LogP contribution is -2.56. The molecular formula is C17H20N6O2. The Morgan fingerprint density at radius 3 is 2.48 bits per heavy atom. The molecule has 2 aromatic rings. The Balaban J connectivity index is 1.75. The van der Waals surface area contributed by atoms with E-state index in [9.17, 15) is 4.79 Å². The number of aromatic nitrogens is 1. The third-order valence-corrected chi connectivity index (χ3v) is 3.75. The van der Waals surface area contributed by atoms with Gasteiger partial charge < -0.3 is 21.1 Å². The van der Waals surface area contributed by atoms with Gasteiger partial charge in [-0.1, -0.05) is 26.0 Å². The van der Waals surface area contributed by atoms with E-state index in [0.29, 0.717) is 36.0 Å².